The molecule has 2 aromatic rings. The first kappa shape index (κ1) is 19.2. The smallest absolute Gasteiger partial charge is 0.235 e. The number of carbonyl (C=O) groups is 1. The van der Waals surface area contributed by atoms with E-state index in [1.54, 1.807) is 19.2 Å². The van der Waals surface area contributed by atoms with E-state index >= 15 is 0 Å². The number of benzene rings is 2. The van der Waals surface area contributed by atoms with Gasteiger partial charge in [-0.3, -0.25) is 4.79 Å². The molecule has 1 N–H and O–H groups in total. The Bertz CT molecular complexity index is 788. The number of methoxy groups -OCH3 is 1. The van der Waals surface area contributed by atoms with Gasteiger partial charge in [-0.1, -0.05) is 41.4 Å². The predicted molar refractivity (Wildman–Crippen MR) is 104 cm³/mol. The fourth-order valence-corrected chi connectivity index (χ4v) is 3.96. The molecule has 1 fully saturated rings. The normalized spacial score (nSPS) is 16.3. The lowest BCUT2D eigenvalue weighted by Crippen LogP contribution is -2.45. The third-order valence-corrected chi connectivity index (χ3v) is 5.27. The zero-order valence-electron chi connectivity index (χ0n) is 14.6. The summed E-state index contributed by atoms with van der Waals surface area (Å²) >= 11 is 12.5. The predicted octanol–water partition coefficient (Wildman–Crippen LogP) is 4.83. The summed E-state index contributed by atoms with van der Waals surface area (Å²) in [6, 6.07) is 12.9. The monoisotopic (exact) mass is 393 g/mol. The van der Waals surface area contributed by atoms with Crippen LogP contribution in [0.25, 0.3) is 0 Å². The number of hydrogen-bond donors (Lipinski definition) is 1. The van der Waals surface area contributed by atoms with Gasteiger partial charge in [0.1, 0.15) is 0 Å². The molecule has 6 heteroatoms. The Balaban J connectivity index is 1.92. The van der Waals surface area contributed by atoms with Crippen molar-refractivity contribution in [3.05, 3.63) is 63.6 Å². The third-order valence-electron chi connectivity index (χ3n) is 4.72. The van der Waals surface area contributed by atoms with E-state index in [9.17, 15) is 4.79 Å². The molecule has 0 unspecified atom stereocenters. The van der Waals surface area contributed by atoms with Crippen molar-refractivity contribution >= 4 is 34.8 Å². The van der Waals surface area contributed by atoms with E-state index in [1.165, 1.54) is 0 Å². The maximum absolute atomic E-state index is 13.3. The summed E-state index contributed by atoms with van der Waals surface area (Å²) in [5.41, 5.74) is 1.78. The van der Waals surface area contributed by atoms with Gasteiger partial charge in [-0.25, -0.2) is 0 Å². The zero-order valence-corrected chi connectivity index (χ0v) is 16.1. The molecule has 0 bridgehead atoms. The molecule has 138 valence electrons. The van der Waals surface area contributed by atoms with Crippen LogP contribution in [0.2, 0.25) is 10.0 Å². The van der Waals surface area contributed by atoms with Gasteiger partial charge in [-0.2, -0.15) is 0 Å². The highest BCUT2D eigenvalue weighted by atomic mass is 35.5. The molecule has 4 nitrogen and oxygen atoms in total. The molecule has 0 saturated carbocycles. The van der Waals surface area contributed by atoms with Crippen molar-refractivity contribution in [2.45, 2.75) is 24.9 Å². The maximum Gasteiger partial charge on any atom is 0.235 e. The second kappa shape index (κ2) is 8.40. The number of ether oxygens (including phenoxy) is 2. The molecule has 1 aliphatic rings. The zero-order chi connectivity index (χ0) is 18.6. The van der Waals surface area contributed by atoms with Gasteiger partial charge >= 0.3 is 0 Å². The minimum Gasteiger partial charge on any atom is -0.381 e. The second-order valence-electron chi connectivity index (χ2n) is 6.41. The number of anilines is 1. The van der Waals surface area contributed by atoms with Crippen molar-refractivity contribution in [2.24, 2.45) is 0 Å². The summed E-state index contributed by atoms with van der Waals surface area (Å²) in [5.74, 6) is -0.0837. The molecule has 0 aromatic heterocycles. The van der Waals surface area contributed by atoms with Crippen molar-refractivity contribution in [2.75, 3.05) is 25.6 Å². The van der Waals surface area contributed by atoms with Gasteiger partial charge in [-0.15, -0.1) is 0 Å². The number of amides is 1. The number of halogens is 2. The van der Waals surface area contributed by atoms with Crippen LogP contribution in [0.1, 0.15) is 24.0 Å². The van der Waals surface area contributed by atoms with Crippen molar-refractivity contribution < 1.29 is 14.3 Å². The van der Waals surface area contributed by atoms with E-state index in [1.807, 2.05) is 30.3 Å². The lowest BCUT2D eigenvalue weighted by molar-refractivity contribution is -0.125. The van der Waals surface area contributed by atoms with Gasteiger partial charge in [0.15, 0.2) is 0 Å². The van der Waals surface area contributed by atoms with Crippen LogP contribution in [0, 0.1) is 0 Å². The van der Waals surface area contributed by atoms with E-state index in [4.69, 9.17) is 32.7 Å². The largest absolute Gasteiger partial charge is 0.381 e. The molecule has 2 aromatic carbocycles. The Labute approximate surface area is 163 Å². The first-order chi connectivity index (χ1) is 12.5. The fourth-order valence-electron chi connectivity index (χ4n) is 3.37. The summed E-state index contributed by atoms with van der Waals surface area (Å²) in [6.45, 7) is 1.51. The summed E-state index contributed by atoms with van der Waals surface area (Å²) in [4.78, 5) is 13.3. The molecule has 1 heterocycles. The van der Waals surface area contributed by atoms with Gasteiger partial charge in [0.05, 0.1) is 12.0 Å². The summed E-state index contributed by atoms with van der Waals surface area (Å²) in [7, 11) is 1.64. The highest BCUT2D eigenvalue weighted by Crippen LogP contribution is 2.40. The quantitative estimate of drug-likeness (QED) is 0.791. The van der Waals surface area contributed by atoms with Crippen LogP contribution >= 0.6 is 23.2 Å². The third kappa shape index (κ3) is 4.04. The van der Waals surface area contributed by atoms with E-state index in [0.717, 1.165) is 16.8 Å². The Morgan fingerprint density at radius 2 is 1.96 bits per heavy atom. The van der Waals surface area contributed by atoms with Gasteiger partial charge in [0.25, 0.3) is 0 Å². The Morgan fingerprint density at radius 1 is 1.19 bits per heavy atom. The fraction of sp³-hybridized carbons (Fsp3) is 0.350. The van der Waals surface area contributed by atoms with Crippen molar-refractivity contribution in [3.63, 3.8) is 0 Å². The molecule has 1 amide bonds. The first-order valence-electron chi connectivity index (χ1n) is 8.48. The minimum atomic E-state index is -0.739. The number of rotatable bonds is 5. The highest BCUT2D eigenvalue weighted by molar-refractivity contribution is 6.35. The van der Waals surface area contributed by atoms with Crippen molar-refractivity contribution in [3.8, 4) is 0 Å². The van der Waals surface area contributed by atoms with Gasteiger partial charge in [0.2, 0.25) is 5.91 Å². The molecular weight excluding hydrogens is 373 g/mol. The standard InChI is InChI=1S/C20H21Cl2NO3/c1-25-13-14-3-2-4-16(11-14)23-19(24)20(7-9-26-10-8-20)17-6-5-15(21)12-18(17)22/h2-6,11-12H,7-10,13H2,1H3,(H,23,24). The maximum atomic E-state index is 13.3. The molecule has 0 aliphatic carbocycles. The topological polar surface area (TPSA) is 47.6 Å². The number of hydrogen-bond acceptors (Lipinski definition) is 3. The lowest BCUT2D eigenvalue weighted by atomic mass is 9.73. The van der Waals surface area contributed by atoms with Crippen LogP contribution < -0.4 is 5.32 Å². The highest BCUT2D eigenvalue weighted by Gasteiger charge is 2.43. The summed E-state index contributed by atoms with van der Waals surface area (Å²) in [5, 5.41) is 4.10. The van der Waals surface area contributed by atoms with Gasteiger partial charge < -0.3 is 14.8 Å². The Hall–Kier alpha value is -1.59. The number of carbonyl (C=O) groups excluding carboxylic acids is 1. The van der Waals surface area contributed by atoms with Crippen LogP contribution in [-0.2, 0) is 26.3 Å². The van der Waals surface area contributed by atoms with Crippen LogP contribution in [-0.4, -0.2) is 26.2 Å². The van der Waals surface area contributed by atoms with Gasteiger partial charge in [0, 0.05) is 36.1 Å². The first-order valence-corrected chi connectivity index (χ1v) is 9.23. The van der Waals surface area contributed by atoms with E-state index in [2.05, 4.69) is 5.32 Å². The van der Waals surface area contributed by atoms with Crippen LogP contribution in [0.3, 0.4) is 0 Å². The van der Waals surface area contributed by atoms with Crippen LogP contribution in [0.15, 0.2) is 42.5 Å². The van der Waals surface area contributed by atoms with Crippen molar-refractivity contribution in [1.82, 2.24) is 0 Å². The van der Waals surface area contributed by atoms with Crippen molar-refractivity contribution in [1.29, 1.82) is 0 Å². The minimum absolute atomic E-state index is 0.0837. The summed E-state index contributed by atoms with van der Waals surface area (Å²) < 4.78 is 10.7. The second-order valence-corrected chi connectivity index (χ2v) is 7.25. The average molecular weight is 394 g/mol. The average Bonchev–Trinajstić information content (AvgIpc) is 2.63. The van der Waals surface area contributed by atoms with Crippen LogP contribution in [0.5, 0.6) is 0 Å². The van der Waals surface area contributed by atoms with E-state index < -0.39 is 5.41 Å². The molecule has 0 radical (unpaired) electrons. The molecule has 3 rings (SSSR count). The Morgan fingerprint density at radius 3 is 2.65 bits per heavy atom. The van der Waals surface area contributed by atoms with Gasteiger partial charge in [-0.05, 0) is 48.2 Å². The molecule has 0 atom stereocenters. The molecule has 0 spiro atoms. The van der Waals surface area contributed by atoms with E-state index in [-0.39, 0.29) is 5.91 Å². The Kier molecular flexibility index (Phi) is 6.20. The molecule has 26 heavy (non-hydrogen) atoms. The molecular formula is C20H21Cl2NO3. The molecule has 1 aliphatic heterocycles. The molecule has 1 saturated heterocycles. The van der Waals surface area contributed by atoms with E-state index in [0.29, 0.717) is 42.7 Å². The number of nitrogens with one attached hydrogen (secondary N) is 1. The SMILES string of the molecule is COCc1cccc(NC(=O)C2(c3ccc(Cl)cc3Cl)CCOCC2)c1. The van der Waals surface area contributed by atoms with Crippen LogP contribution in [0.4, 0.5) is 5.69 Å². The lowest BCUT2D eigenvalue weighted by Gasteiger charge is -2.36. The summed E-state index contributed by atoms with van der Waals surface area (Å²) in [6.07, 6.45) is 1.13.